The second kappa shape index (κ2) is 13.3. The van der Waals surface area contributed by atoms with Crippen LogP contribution >= 0.6 is 23.4 Å². The van der Waals surface area contributed by atoms with Gasteiger partial charge >= 0.3 is 0 Å². The van der Waals surface area contributed by atoms with Gasteiger partial charge in [0.25, 0.3) is 0 Å². The molecule has 0 saturated carbocycles. The van der Waals surface area contributed by atoms with Crippen molar-refractivity contribution in [1.82, 2.24) is 10.2 Å². The number of thioether (sulfide) groups is 1. The molecule has 0 spiro atoms. The molecule has 1 atom stereocenters. The van der Waals surface area contributed by atoms with Crippen LogP contribution in [0.1, 0.15) is 38.7 Å². The van der Waals surface area contributed by atoms with Crippen LogP contribution in [0.2, 0.25) is 5.02 Å². The molecule has 0 radical (unpaired) electrons. The maximum Gasteiger partial charge on any atom is 0.242 e. The number of carbonyl (C=O) groups excluding carboxylic acids is 2. The van der Waals surface area contributed by atoms with E-state index >= 15 is 0 Å². The highest BCUT2D eigenvalue weighted by Gasteiger charge is 2.28. The lowest BCUT2D eigenvalue weighted by atomic mass is 10.1. The first-order valence-corrected chi connectivity index (χ1v) is 11.9. The van der Waals surface area contributed by atoms with Gasteiger partial charge in [-0.15, -0.1) is 11.8 Å². The summed E-state index contributed by atoms with van der Waals surface area (Å²) >= 11 is 7.62. The van der Waals surface area contributed by atoms with Crippen molar-refractivity contribution in [3.63, 3.8) is 0 Å². The highest BCUT2D eigenvalue weighted by molar-refractivity contribution is 7.99. The molecular formula is C24H31ClN2O3S. The summed E-state index contributed by atoms with van der Waals surface area (Å²) in [5.41, 5.74) is 0.936. The second-order valence-electron chi connectivity index (χ2n) is 7.10. The van der Waals surface area contributed by atoms with Crippen molar-refractivity contribution in [2.45, 2.75) is 50.6 Å². The lowest BCUT2D eigenvalue weighted by molar-refractivity contribution is -0.141. The summed E-state index contributed by atoms with van der Waals surface area (Å²) in [5, 5.41) is 3.57. The smallest absolute Gasteiger partial charge is 0.242 e. The zero-order valence-corrected chi connectivity index (χ0v) is 20.0. The monoisotopic (exact) mass is 462 g/mol. The topological polar surface area (TPSA) is 58.6 Å². The first kappa shape index (κ1) is 25.1. The van der Waals surface area contributed by atoms with Gasteiger partial charge in [0.2, 0.25) is 11.8 Å². The third kappa shape index (κ3) is 8.11. The number of nitrogens with zero attached hydrogens (tertiary/aromatic N) is 1. The van der Waals surface area contributed by atoms with Crippen LogP contribution in [0.15, 0.2) is 53.4 Å². The Morgan fingerprint density at radius 1 is 1.16 bits per heavy atom. The number of hydrogen-bond acceptors (Lipinski definition) is 4. The summed E-state index contributed by atoms with van der Waals surface area (Å²) in [6, 6.07) is 14.8. The number of amides is 2. The van der Waals surface area contributed by atoms with Gasteiger partial charge in [-0.1, -0.05) is 30.7 Å². The van der Waals surface area contributed by atoms with Crippen molar-refractivity contribution >= 4 is 35.2 Å². The minimum absolute atomic E-state index is 0.0161. The van der Waals surface area contributed by atoms with E-state index in [1.807, 2.05) is 62.4 Å². The van der Waals surface area contributed by atoms with E-state index in [0.717, 1.165) is 28.4 Å². The SMILES string of the molecule is CCNC(=O)[C@@H](CC)N(Cc1cccc(OC)c1)C(=O)CCCSc1ccc(Cl)cc1. The van der Waals surface area contributed by atoms with Gasteiger partial charge in [0, 0.05) is 29.4 Å². The molecule has 168 valence electrons. The van der Waals surface area contributed by atoms with Gasteiger partial charge in [0.15, 0.2) is 0 Å². The zero-order chi connectivity index (χ0) is 22.6. The number of halogens is 1. The number of nitrogens with one attached hydrogen (secondary N) is 1. The average Bonchev–Trinajstić information content (AvgIpc) is 2.78. The third-order valence-electron chi connectivity index (χ3n) is 4.84. The molecule has 0 aliphatic rings. The van der Waals surface area contributed by atoms with E-state index in [1.54, 1.807) is 23.8 Å². The fourth-order valence-electron chi connectivity index (χ4n) is 3.27. The molecule has 0 heterocycles. The van der Waals surface area contributed by atoms with E-state index in [9.17, 15) is 9.59 Å². The maximum atomic E-state index is 13.2. The van der Waals surface area contributed by atoms with Crippen molar-refractivity contribution in [3.05, 3.63) is 59.1 Å². The lowest BCUT2D eigenvalue weighted by Gasteiger charge is -2.30. The normalized spacial score (nSPS) is 11.6. The maximum absolute atomic E-state index is 13.2. The van der Waals surface area contributed by atoms with E-state index in [4.69, 9.17) is 16.3 Å². The number of ether oxygens (including phenoxy) is 1. The average molecular weight is 463 g/mol. The van der Waals surface area contributed by atoms with Crippen LogP contribution in [0.3, 0.4) is 0 Å². The fourth-order valence-corrected chi connectivity index (χ4v) is 4.25. The van der Waals surface area contributed by atoms with Crippen LogP contribution in [-0.4, -0.2) is 42.2 Å². The van der Waals surface area contributed by atoms with E-state index in [-0.39, 0.29) is 11.8 Å². The van der Waals surface area contributed by atoms with Crippen molar-refractivity contribution < 1.29 is 14.3 Å². The van der Waals surface area contributed by atoms with E-state index in [2.05, 4.69) is 5.32 Å². The van der Waals surface area contributed by atoms with Crippen LogP contribution in [0, 0.1) is 0 Å². The summed E-state index contributed by atoms with van der Waals surface area (Å²) < 4.78 is 5.30. The van der Waals surface area contributed by atoms with E-state index in [1.165, 1.54) is 0 Å². The first-order valence-electron chi connectivity index (χ1n) is 10.6. The molecule has 2 aromatic carbocycles. The zero-order valence-electron chi connectivity index (χ0n) is 18.4. The van der Waals surface area contributed by atoms with Crippen LogP contribution < -0.4 is 10.1 Å². The Hall–Kier alpha value is -2.18. The standard InChI is InChI=1S/C24H31ClN2O3S/c1-4-22(24(29)26-5-2)27(17-18-8-6-9-20(16-18)30-3)23(28)10-7-15-31-21-13-11-19(25)12-14-21/h6,8-9,11-14,16,22H,4-5,7,10,15,17H2,1-3H3,(H,26,29)/t22-/m1/s1. The Morgan fingerprint density at radius 3 is 2.55 bits per heavy atom. The van der Waals surface area contributed by atoms with Gasteiger partial charge in [-0.25, -0.2) is 0 Å². The van der Waals surface area contributed by atoms with Crippen LogP contribution in [0.25, 0.3) is 0 Å². The molecule has 31 heavy (non-hydrogen) atoms. The van der Waals surface area contributed by atoms with Crippen molar-refractivity contribution in [2.75, 3.05) is 19.4 Å². The van der Waals surface area contributed by atoms with E-state index in [0.29, 0.717) is 31.0 Å². The number of methoxy groups -OCH3 is 1. The molecule has 0 aromatic heterocycles. The molecule has 0 fully saturated rings. The number of likely N-dealkylation sites (N-methyl/N-ethyl adjacent to an activating group) is 1. The summed E-state index contributed by atoms with van der Waals surface area (Å²) in [5.74, 6) is 1.42. The summed E-state index contributed by atoms with van der Waals surface area (Å²) in [6.07, 6.45) is 1.67. The van der Waals surface area contributed by atoms with Crippen molar-refractivity contribution in [2.24, 2.45) is 0 Å². The summed E-state index contributed by atoms with van der Waals surface area (Å²) in [4.78, 5) is 28.6. The molecule has 5 nitrogen and oxygen atoms in total. The second-order valence-corrected chi connectivity index (χ2v) is 8.70. The Kier molecular flexibility index (Phi) is 10.7. The fraction of sp³-hybridized carbons (Fsp3) is 0.417. The highest BCUT2D eigenvalue weighted by Crippen LogP contribution is 2.22. The van der Waals surface area contributed by atoms with Gasteiger partial charge in [0.1, 0.15) is 11.8 Å². The van der Waals surface area contributed by atoms with Gasteiger partial charge in [-0.2, -0.15) is 0 Å². The molecule has 0 unspecified atom stereocenters. The van der Waals surface area contributed by atoms with Crippen molar-refractivity contribution in [3.8, 4) is 5.75 Å². The Morgan fingerprint density at radius 2 is 1.90 bits per heavy atom. The number of rotatable bonds is 12. The molecule has 0 bridgehead atoms. The summed E-state index contributed by atoms with van der Waals surface area (Å²) in [6.45, 7) is 4.72. The Bertz CT molecular complexity index is 845. The van der Waals surface area contributed by atoms with Crippen LogP contribution in [-0.2, 0) is 16.1 Å². The molecule has 0 aliphatic heterocycles. The highest BCUT2D eigenvalue weighted by atomic mass is 35.5. The van der Waals surface area contributed by atoms with Gasteiger partial charge in [-0.3, -0.25) is 9.59 Å². The van der Waals surface area contributed by atoms with Crippen molar-refractivity contribution in [1.29, 1.82) is 0 Å². The van der Waals surface area contributed by atoms with Crippen LogP contribution in [0.5, 0.6) is 5.75 Å². The summed E-state index contributed by atoms with van der Waals surface area (Å²) in [7, 11) is 1.62. The van der Waals surface area contributed by atoms with Gasteiger partial charge in [0.05, 0.1) is 7.11 Å². The molecule has 7 heteroatoms. The Labute approximate surface area is 194 Å². The first-order chi connectivity index (χ1) is 15.0. The lowest BCUT2D eigenvalue weighted by Crippen LogP contribution is -2.49. The van der Waals surface area contributed by atoms with Crippen LogP contribution in [0.4, 0.5) is 0 Å². The molecular weight excluding hydrogens is 432 g/mol. The van der Waals surface area contributed by atoms with E-state index < -0.39 is 6.04 Å². The predicted octanol–water partition coefficient (Wildman–Crippen LogP) is 5.16. The molecule has 0 aliphatic carbocycles. The van der Waals surface area contributed by atoms with Gasteiger partial charge in [-0.05, 0) is 67.5 Å². The largest absolute Gasteiger partial charge is 0.497 e. The number of benzene rings is 2. The molecule has 2 aromatic rings. The minimum atomic E-state index is -0.498. The predicted molar refractivity (Wildman–Crippen MR) is 128 cm³/mol. The molecule has 1 N–H and O–H groups in total. The quantitative estimate of drug-likeness (QED) is 0.349. The minimum Gasteiger partial charge on any atom is -0.497 e. The Balaban J connectivity index is 2.05. The number of carbonyl (C=O) groups is 2. The molecule has 2 rings (SSSR count). The molecule has 0 saturated heterocycles. The number of hydrogen-bond donors (Lipinski definition) is 1. The third-order valence-corrected chi connectivity index (χ3v) is 6.19. The van der Waals surface area contributed by atoms with Gasteiger partial charge < -0.3 is 15.0 Å². The molecule has 2 amide bonds.